The summed E-state index contributed by atoms with van der Waals surface area (Å²) in [5, 5.41) is 5.76. The van der Waals surface area contributed by atoms with Crippen molar-refractivity contribution in [1.82, 2.24) is 9.91 Å². The van der Waals surface area contributed by atoms with Crippen LogP contribution in [0.5, 0.6) is 0 Å². The summed E-state index contributed by atoms with van der Waals surface area (Å²) in [6, 6.07) is 5.64. The third-order valence-corrected chi connectivity index (χ3v) is 4.89. The highest BCUT2D eigenvalue weighted by Crippen LogP contribution is 2.32. The van der Waals surface area contributed by atoms with Crippen LogP contribution in [0.25, 0.3) is 0 Å². The lowest BCUT2D eigenvalue weighted by Gasteiger charge is -2.30. The maximum Gasteiger partial charge on any atom is 0.172 e. The molecule has 134 valence electrons. The van der Waals surface area contributed by atoms with Crippen LogP contribution in [-0.2, 0) is 9.47 Å². The van der Waals surface area contributed by atoms with Gasteiger partial charge in [-0.05, 0) is 24.6 Å². The first-order valence-corrected chi connectivity index (χ1v) is 9.36. The van der Waals surface area contributed by atoms with Gasteiger partial charge in [0.1, 0.15) is 0 Å². The number of unbranched alkanes of at least 4 members (excludes halogenated alkanes) is 2. The molecule has 2 aliphatic heterocycles. The lowest BCUT2D eigenvalue weighted by molar-refractivity contribution is -0.0621. The van der Waals surface area contributed by atoms with Gasteiger partial charge in [-0.2, -0.15) is 0 Å². The summed E-state index contributed by atoms with van der Waals surface area (Å²) in [7, 11) is 0. The minimum Gasteiger partial charge on any atom is -0.349 e. The smallest absolute Gasteiger partial charge is 0.172 e. The summed E-state index contributed by atoms with van der Waals surface area (Å²) in [6.07, 6.45) is 3.53. The summed E-state index contributed by atoms with van der Waals surface area (Å²) in [5.74, 6) is 0. The van der Waals surface area contributed by atoms with Gasteiger partial charge >= 0.3 is 0 Å². The molecule has 0 radical (unpaired) electrons. The third kappa shape index (κ3) is 4.54. The number of hydrogen-bond donors (Lipinski definition) is 0. The Balaban J connectivity index is 1.71. The number of halogens is 2. The molecule has 0 saturated carbocycles. The molecule has 2 aliphatic rings. The number of anilines is 1. The molecule has 2 saturated heterocycles. The average molecular weight is 374 g/mol. The molecule has 1 aromatic carbocycles. The molecule has 0 amide bonds. The van der Waals surface area contributed by atoms with Gasteiger partial charge in [-0.1, -0.05) is 43.0 Å². The first-order valence-electron chi connectivity index (χ1n) is 8.60. The molecule has 5 nitrogen and oxygen atoms in total. The van der Waals surface area contributed by atoms with Crippen LogP contribution in [0.1, 0.15) is 26.2 Å². The monoisotopic (exact) mass is 373 g/mol. The fraction of sp³-hybridized carbons (Fsp3) is 0.647. The lowest BCUT2D eigenvalue weighted by atomic mass is 10.2. The lowest BCUT2D eigenvalue weighted by Crippen LogP contribution is -2.42. The van der Waals surface area contributed by atoms with Gasteiger partial charge in [0.25, 0.3) is 0 Å². The van der Waals surface area contributed by atoms with Gasteiger partial charge in [-0.25, -0.2) is 5.01 Å². The molecule has 0 N–H and O–H groups in total. The molecule has 0 aliphatic carbocycles. The molecule has 0 aromatic heterocycles. The minimum atomic E-state index is -0.172. The quantitative estimate of drug-likeness (QED) is 0.677. The van der Waals surface area contributed by atoms with E-state index in [4.69, 9.17) is 32.7 Å². The van der Waals surface area contributed by atoms with E-state index >= 15 is 0 Å². The molecule has 24 heavy (non-hydrogen) atoms. The fourth-order valence-corrected chi connectivity index (χ4v) is 3.62. The number of ether oxygens (including phenoxy) is 2. The summed E-state index contributed by atoms with van der Waals surface area (Å²) >= 11 is 12.5. The van der Waals surface area contributed by atoms with Gasteiger partial charge in [0.2, 0.25) is 0 Å². The molecular weight excluding hydrogens is 349 g/mol. The Hall–Kier alpha value is -0.560. The van der Waals surface area contributed by atoms with E-state index < -0.39 is 0 Å². The Bertz CT molecular complexity index is 541. The summed E-state index contributed by atoms with van der Waals surface area (Å²) in [6.45, 7) is 7.01. The van der Waals surface area contributed by atoms with Gasteiger partial charge in [0, 0.05) is 11.6 Å². The predicted molar refractivity (Wildman–Crippen MR) is 97.3 cm³/mol. The first kappa shape index (κ1) is 18.2. The Kier molecular flexibility index (Phi) is 6.61. The van der Waals surface area contributed by atoms with Crippen molar-refractivity contribution >= 4 is 28.9 Å². The maximum atomic E-state index is 6.43. The highest BCUT2D eigenvalue weighted by molar-refractivity contribution is 6.36. The van der Waals surface area contributed by atoms with Crippen LogP contribution in [0.15, 0.2) is 18.2 Å². The van der Waals surface area contributed by atoms with Crippen molar-refractivity contribution in [3.63, 3.8) is 0 Å². The van der Waals surface area contributed by atoms with E-state index in [-0.39, 0.29) is 6.29 Å². The van der Waals surface area contributed by atoms with Crippen molar-refractivity contribution < 1.29 is 9.47 Å². The zero-order chi connectivity index (χ0) is 16.9. The van der Waals surface area contributed by atoms with Crippen LogP contribution < -0.4 is 5.01 Å². The van der Waals surface area contributed by atoms with Gasteiger partial charge in [-0.3, -0.25) is 9.91 Å². The van der Waals surface area contributed by atoms with Gasteiger partial charge < -0.3 is 9.47 Å². The van der Waals surface area contributed by atoms with E-state index in [1.165, 1.54) is 19.3 Å². The molecule has 1 aromatic rings. The molecule has 3 rings (SSSR count). The second-order valence-electron chi connectivity index (χ2n) is 6.24. The van der Waals surface area contributed by atoms with E-state index in [0.29, 0.717) is 29.8 Å². The Morgan fingerprint density at radius 3 is 2.62 bits per heavy atom. The van der Waals surface area contributed by atoms with Crippen molar-refractivity contribution in [2.24, 2.45) is 0 Å². The SMILES string of the molecule is CCCCCN1CN(CC2OCCO2)N(c2ccc(Cl)cc2Cl)C1. The van der Waals surface area contributed by atoms with Crippen molar-refractivity contribution in [2.75, 3.05) is 44.6 Å². The molecule has 0 spiro atoms. The second-order valence-corrected chi connectivity index (χ2v) is 7.08. The van der Waals surface area contributed by atoms with Gasteiger partial charge in [0.05, 0.1) is 43.8 Å². The average Bonchev–Trinajstić information content (AvgIpc) is 3.18. The standard InChI is InChI=1S/C17H25Cl2N3O2/c1-2-3-4-7-20-12-21(11-17-23-8-9-24-17)22(13-20)16-6-5-14(18)10-15(16)19/h5-6,10,17H,2-4,7-9,11-13H2,1H3. The molecule has 0 bridgehead atoms. The summed E-state index contributed by atoms with van der Waals surface area (Å²) < 4.78 is 11.2. The third-order valence-electron chi connectivity index (χ3n) is 4.35. The molecule has 0 atom stereocenters. The van der Waals surface area contributed by atoms with Crippen molar-refractivity contribution in [1.29, 1.82) is 0 Å². The van der Waals surface area contributed by atoms with Gasteiger partial charge in [0.15, 0.2) is 6.29 Å². The number of nitrogens with zero attached hydrogens (tertiary/aromatic N) is 3. The first-order chi connectivity index (χ1) is 11.7. The van der Waals surface area contributed by atoms with Crippen LogP contribution in [0, 0.1) is 0 Å². The van der Waals surface area contributed by atoms with Crippen molar-refractivity contribution in [3.8, 4) is 0 Å². The summed E-state index contributed by atoms with van der Waals surface area (Å²) in [4.78, 5) is 2.43. The van der Waals surface area contributed by atoms with Gasteiger partial charge in [-0.15, -0.1) is 0 Å². The zero-order valence-corrected chi connectivity index (χ0v) is 15.6. The highest BCUT2D eigenvalue weighted by Gasteiger charge is 2.32. The predicted octanol–water partition coefficient (Wildman–Crippen LogP) is 3.81. The number of rotatable bonds is 7. The van der Waals surface area contributed by atoms with Crippen LogP contribution in [-0.4, -0.2) is 55.8 Å². The molecule has 0 unspecified atom stereocenters. The zero-order valence-electron chi connectivity index (χ0n) is 14.1. The van der Waals surface area contributed by atoms with E-state index in [0.717, 1.165) is 25.6 Å². The number of hydrogen-bond acceptors (Lipinski definition) is 5. The van der Waals surface area contributed by atoms with E-state index in [2.05, 4.69) is 21.8 Å². The fourth-order valence-electron chi connectivity index (χ4n) is 3.12. The normalized spacial score (nSPS) is 20.4. The van der Waals surface area contributed by atoms with E-state index in [1.807, 2.05) is 12.1 Å². The van der Waals surface area contributed by atoms with E-state index in [9.17, 15) is 0 Å². The summed E-state index contributed by atoms with van der Waals surface area (Å²) in [5.41, 5.74) is 0.969. The Morgan fingerprint density at radius 2 is 1.92 bits per heavy atom. The topological polar surface area (TPSA) is 28.2 Å². The second kappa shape index (κ2) is 8.70. The number of benzene rings is 1. The van der Waals surface area contributed by atoms with Crippen LogP contribution in [0.3, 0.4) is 0 Å². The molecular formula is C17H25Cl2N3O2. The van der Waals surface area contributed by atoms with Crippen LogP contribution >= 0.6 is 23.2 Å². The largest absolute Gasteiger partial charge is 0.349 e. The molecule has 7 heteroatoms. The Labute approximate surface area is 154 Å². The molecule has 2 fully saturated rings. The van der Waals surface area contributed by atoms with Crippen LogP contribution in [0.2, 0.25) is 10.0 Å². The van der Waals surface area contributed by atoms with Crippen molar-refractivity contribution in [2.45, 2.75) is 32.5 Å². The van der Waals surface area contributed by atoms with E-state index in [1.54, 1.807) is 6.07 Å². The maximum absolute atomic E-state index is 6.43. The van der Waals surface area contributed by atoms with Crippen LogP contribution in [0.4, 0.5) is 5.69 Å². The number of hydrazine groups is 1. The minimum absolute atomic E-state index is 0.172. The van der Waals surface area contributed by atoms with Crippen molar-refractivity contribution in [3.05, 3.63) is 28.2 Å². The Morgan fingerprint density at radius 1 is 1.12 bits per heavy atom. The molecule has 2 heterocycles. The highest BCUT2D eigenvalue weighted by atomic mass is 35.5.